The molecule has 0 spiro atoms. The average Bonchev–Trinajstić information content (AvgIpc) is 3.29. The van der Waals surface area contributed by atoms with Gasteiger partial charge in [-0.05, 0) is 43.2 Å². The van der Waals surface area contributed by atoms with Gasteiger partial charge in [0.15, 0.2) is 11.5 Å². The standard InChI is InChI=1S/C22H21FN6O3S/c1-33(31,32)22-25-19(17-7-4-6-11-28(17)22)21(30)24-14-9-10-16(23)15(13-14)20-27-26-18-8-3-2-5-12-29(18)20/h4,6-7,9-11,13H,2-3,5,8,12H2,1H3,(H,24,30). The number of anilines is 1. The summed E-state index contributed by atoms with van der Waals surface area (Å²) in [4.78, 5) is 17.1. The lowest BCUT2D eigenvalue weighted by Gasteiger charge is -2.10. The van der Waals surface area contributed by atoms with E-state index in [1.54, 1.807) is 18.2 Å². The van der Waals surface area contributed by atoms with Gasteiger partial charge in [-0.2, -0.15) is 0 Å². The number of nitrogens with one attached hydrogen (secondary N) is 1. The van der Waals surface area contributed by atoms with Crippen molar-refractivity contribution in [1.82, 2.24) is 24.1 Å². The van der Waals surface area contributed by atoms with Crippen molar-refractivity contribution in [3.8, 4) is 11.4 Å². The number of fused-ring (bicyclic) bond motifs is 2. The lowest BCUT2D eigenvalue weighted by atomic mass is 10.1. The zero-order valence-electron chi connectivity index (χ0n) is 17.8. The number of amides is 1. The third-order valence-corrected chi connectivity index (χ3v) is 6.59. The van der Waals surface area contributed by atoms with Crippen LogP contribution in [0.5, 0.6) is 0 Å². The van der Waals surface area contributed by atoms with Gasteiger partial charge in [0.25, 0.3) is 5.91 Å². The summed E-state index contributed by atoms with van der Waals surface area (Å²) in [5.74, 6) is 0.173. The number of carbonyl (C=O) groups is 1. The molecule has 170 valence electrons. The molecule has 9 nitrogen and oxygen atoms in total. The first kappa shape index (κ1) is 21.3. The number of halogens is 1. The molecule has 0 saturated carbocycles. The molecule has 0 saturated heterocycles. The Kier molecular flexibility index (Phi) is 5.20. The molecule has 0 fully saturated rings. The van der Waals surface area contributed by atoms with Crippen molar-refractivity contribution in [2.75, 3.05) is 11.6 Å². The number of aromatic nitrogens is 5. The van der Waals surface area contributed by atoms with E-state index in [4.69, 9.17) is 0 Å². The van der Waals surface area contributed by atoms with Gasteiger partial charge < -0.3 is 9.88 Å². The molecule has 1 amide bonds. The molecule has 0 aliphatic carbocycles. The van der Waals surface area contributed by atoms with E-state index in [9.17, 15) is 17.6 Å². The fraction of sp³-hybridized carbons (Fsp3) is 0.273. The largest absolute Gasteiger partial charge is 0.321 e. The van der Waals surface area contributed by atoms with Crippen molar-refractivity contribution in [3.05, 3.63) is 59.9 Å². The van der Waals surface area contributed by atoms with E-state index < -0.39 is 21.6 Å². The molecule has 1 N–H and O–H groups in total. The summed E-state index contributed by atoms with van der Waals surface area (Å²) in [5, 5.41) is 10.9. The van der Waals surface area contributed by atoms with Crippen molar-refractivity contribution in [2.45, 2.75) is 37.4 Å². The van der Waals surface area contributed by atoms with Crippen LogP contribution in [0.25, 0.3) is 16.9 Å². The number of rotatable bonds is 4. The number of pyridine rings is 1. The van der Waals surface area contributed by atoms with E-state index in [2.05, 4.69) is 20.5 Å². The fourth-order valence-corrected chi connectivity index (χ4v) is 4.86. The van der Waals surface area contributed by atoms with Gasteiger partial charge in [-0.25, -0.2) is 17.8 Å². The Bertz CT molecular complexity index is 1490. The van der Waals surface area contributed by atoms with Gasteiger partial charge in [0.2, 0.25) is 15.0 Å². The molecule has 11 heteroatoms. The lowest BCUT2D eigenvalue weighted by molar-refractivity contribution is 0.102. The molecule has 4 aromatic rings. The van der Waals surface area contributed by atoms with Gasteiger partial charge >= 0.3 is 0 Å². The summed E-state index contributed by atoms with van der Waals surface area (Å²) >= 11 is 0. The highest BCUT2D eigenvalue weighted by Crippen LogP contribution is 2.28. The minimum Gasteiger partial charge on any atom is -0.321 e. The number of carbonyl (C=O) groups excluding carboxylic acids is 1. The Labute approximate surface area is 189 Å². The maximum absolute atomic E-state index is 14.7. The lowest BCUT2D eigenvalue weighted by Crippen LogP contribution is -2.13. The van der Waals surface area contributed by atoms with E-state index >= 15 is 0 Å². The van der Waals surface area contributed by atoms with Crippen LogP contribution in [-0.4, -0.2) is 44.7 Å². The van der Waals surface area contributed by atoms with E-state index in [-0.39, 0.29) is 16.4 Å². The number of benzene rings is 1. The van der Waals surface area contributed by atoms with Crippen molar-refractivity contribution in [3.63, 3.8) is 0 Å². The van der Waals surface area contributed by atoms with E-state index in [0.29, 0.717) is 23.6 Å². The summed E-state index contributed by atoms with van der Waals surface area (Å²) in [5.41, 5.74) is 0.874. The van der Waals surface area contributed by atoms with Gasteiger partial charge in [0.1, 0.15) is 11.6 Å². The minimum atomic E-state index is -3.66. The van der Waals surface area contributed by atoms with Crippen LogP contribution >= 0.6 is 0 Å². The van der Waals surface area contributed by atoms with Crippen LogP contribution in [0.3, 0.4) is 0 Å². The van der Waals surface area contributed by atoms with Crippen molar-refractivity contribution >= 4 is 26.9 Å². The molecular weight excluding hydrogens is 447 g/mol. The fourth-order valence-electron chi connectivity index (χ4n) is 4.09. The molecule has 3 aromatic heterocycles. The Balaban J connectivity index is 1.51. The quantitative estimate of drug-likeness (QED) is 0.493. The summed E-state index contributed by atoms with van der Waals surface area (Å²) in [6.07, 6.45) is 6.42. The second-order valence-corrected chi connectivity index (χ2v) is 9.93. The van der Waals surface area contributed by atoms with Crippen molar-refractivity contribution in [1.29, 1.82) is 0 Å². The highest BCUT2D eigenvalue weighted by molar-refractivity contribution is 7.90. The predicted molar refractivity (Wildman–Crippen MR) is 119 cm³/mol. The Hall–Kier alpha value is -3.60. The number of hydrogen-bond donors (Lipinski definition) is 1. The van der Waals surface area contributed by atoms with Crippen LogP contribution in [0.4, 0.5) is 10.1 Å². The molecule has 0 bridgehead atoms. The first-order chi connectivity index (χ1) is 15.8. The number of imidazole rings is 1. The SMILES string of the molecule is CS(=O)(=O)c1nc(C(=O)Nc2ccc(F)c(-c3nnc4n3CCCCC4)c2)c2ccccn12. The third-order valence-electron chi connectivity index (χ3n) is 5.64. The van der Waals surface area contributed by atoms with Gasteiger partial charge in [-0.1, -0.05) is 12.5 Å². The van der Waals surface area contributed by atoms with Crippen LogP contribution in [0.15, 0.2) is 47.8 Å². The van der Waals surface area contributed by atoms with E-state index in [1.807, 2.05) is 4.57 Å². The second-order valence-electron chi connectivity index (χ2n) is 8.02. The number of nitrogens with zero attached hydrogens (tertiary/aromatic N) is 5. The van der Waals surface area contributed by atoms with E-state index in [0.717, 1.165) is 37.8 Å². The molecule has 0 unspecified atom stereocenters. The van der Waals surface area contributed by atoms with Gasteiger partial charge in [0, 0.05) is 31.1 Å². The van der Waals surface area contributed by atoms with Crippen molar-refractivity contribution in [2.24, 2.45) is 0 Å². The van der Waals surface area contributed by atoms with Crippen LogP contribution < -0.4 is 5.32 Å². The normalized spacial score (nSPS) is 14.1. The molecule has 5 rings (SSSR count). The molecule has 33 heavy (non-hydrogen) atoms. The maximum atomic E-state index is 14.7. The van der Waals surface area contributed by atoms with Gasteiger partial charge in [-0.3, -0.25) is 9.20 Å². The van der Waals surface area contributed by atoms with Gasteiger partial charge in [-0.15, -0.1) is 10.2 Å². The molecule has 4 heterocycles. The summed E-state index contributed by atoms with van der Waals surface area (Å²) < 4.78 is 42.3. The van der Waals surface area contributed by atoms with Crippen LogP contribution in [0.1, 0.15) is 35.6 Å². The zero-order chi connectivity index (χ0) is 23.2. The average molecular weight is 469 g/mol. The monoisotopic (exact) mass is 468 g/mol. The van der Waals surface area contributed by atoms with E-state index in [1.165, 1.54) is 28.8 Å². The van der Waals surface area contributed by atoms with Crippen LogP contribution in [0, 0.1) is 5.82 Å². The summed E-state index contributed by atoms with van der Waals surface area (Å²) in [6, 6.07) is 9.15. The highest BCUT2D eigenvalue weighted by atomic mass is 32.2. The number of aryl methyl sites for hydroxylation is 1. The summed E-state index contributed by atoms with van der Waals surface area (Å²) in [7, 11) is -3.66. The summed E-state index contributed by atoms with van der Waals surface area (Å²) in [6.45, 7) is 0.711. The van der Waals surface area contributed by atoms with Crippen molar-refractivity contribution < 1.29 is 17.6 Å². The first-order valence-corrected chi connectivity index (χ1v) is 12.4. The number of sulfone groups is 1. The third kappa shape index (κ3) is 3.88. The highest BCUT2D eigenvalue weighted by Gasteiger charge is 2.24. The van der Waals surface area contributed by atoms with Crippen LogP contribution in [-0.2, 0) is 22.8 Å². The zero-order valence-corrected chi connectivity index (χ0v) is 18.6. The maximum Gasteiger partial charge on any atom is 0.276 e. The topological polar surface area (TPSA) is 111 Å². The molecule has 0 radical (unpaired) electrons. The second kappa shape index (κ2) is 8.07. The predicted octanol–water partition coefficient (Wildman–Crippen LogP) is 3.11. The molecular formula is C22H21FN6O3S. The van der Waals surface area contributed by atoms with Gasteiger partial charge in [0.05, 0.1) is 11.1 Å². The van der Waals surface area contributed by atoms with Crippen LogP contribution in [0.2, 0.25) is 0 Å². The molecule has 1 aliphatic heterocycles. The first-order valence-electron chi connectivity index (χ1n) is 10.5. The molecule has 1 aromatic carbocycles. The Morgan fingerprint density at radius 1 is 1.12 bits per heavy atom. The molecule has 0 atom stereocenters. The Morgan fingerprint density at radius 2 is 1.97 bits per heavy atom. The smallest absolute Gasteiger partial charge is 0.276 e. The minimum absolute atomic E-state index is 0.0433. The molecule has 1 aliphatic rings. The number of hydrogen-bond acceptors (Lipinski definition) is 6. The Morgan fingerprint density at radius 3 is 2.79 bits per heavy atom.